The van der Waals surface area contributed by atoms with E-state index in [0.717, 1.165) is 6.42 Å². The van der Waals surface area contributed by atoms with Crippen molar-refractivity contribution in [2.45, 2.75) is 45.3 Å². The van der Waals surface area contributed by atoms with Crippen LogP contribution in [0.2, 0.25) is 0 Å². The third-order valence-corrected chi connectivity index (χ3v) is 5.77. The van der Waals surface area contributed by atoms with Crippen LogP contribution >= 0.6 is 23.7 Å². The second-order valence-corrected chi connectivity index (χ2v) is 7.43. The minimum Gasteiger partial charge on any atom is -0.378 e. The van der Waals surface area contributed by atoms with E-state index in [-0.39, 0.29) is 29.8 Å². The molecule has 1 saturated carbocycles. The quantitative estimate of drug-likeness (QED) is 0.861. The van der Waals surface area contributed by atoms with Gasteiger partial charge >= 0.3 is 0 Å². The monoisotopic (exact) mass is 346 g/mol. The maximum absolute atomic E-state index is 12.7. The summed E-state index contributed by atoms with van der Waals surface area (Å²) in [6.45, 7) is 7.39. The van der Waals surface area contributed by atoms with E-state index in [4.69, 9.17) is 10.5 Å². The summed E-state index contributed by atoms with van der Waals surface area (Å²) in [7, 11) is 1.84. The van der Waals surface area contributed by atoms with Crippen LogP contribution in [0.15, 0.2) is 17.5 Å². The second-order valence-electron chi connectivity index (χ2n) is 6.40. The molecule has 1 aliphatic carbocycles. The van der Waals surface area contributed by atoms with Crippen LogP contribution in [0, 0.1) is 5.41 Å². The van der Waals surface area contributed by atoms with Gasteiger partial charge in [0.1, 0.15) is 5.54 Å². The minimum atomic E-state index is -0.808. The summed E-state index contributed by atoms with van der Waals surface area (Å²) in [5, 5.41) is 2.06. The molecule has 1 aliphatic rings. The first kappa shape index (κ1) is 19.4. The van der Waals surface area contributed by atoms with Gasteiger partial charge in [-0.05, 0) is 24.8 Å². The Hall–Kier alpha value is -0.620. The first-order chi connectivity index (χ1) is 9.83. The SMILES string of the molecule is CCOC1CC(N)(C(=O)N(C)CCc2cccs2)C1(C)C.Cl. The zero-order valence-electron chi connectivity index (χ0n) is 13.8. The van der Waals surface area contributed by atoms with Crippen LogP contribution in [-0.2, 0) is 16.0 Å². The van der Waals surface area contributed by atoms with Crippen molar-refractivity contribution in [1.82, 2.24) is 4.90 Å². The van der Waals surface area contributed by atoms with Gasteiger partial charge in [0, 0.05) is 36.9 Å². The van der Waals surface area contributed by atoms with Crippen LogP contribution in [0.5, 0.6) is 0 Å². The smallest absolute Gasteiger partial charge is 0.243 e. The molecule has 6 heteroatoms. The summed E-state index contributed by atoms with van der Waals surface area (Å²) in [6, 6.07) is 4.13. The average Bonchev–Trinajstić information content (AvgIpc) is 2.96. The molecule has 1 aromatic rings. The van der Waals surface area contributed by atoms with Crippen molar-refractivity contribution in [3.05, 3.63) is 22.4 Å². The highest BCUT2D eigenvalue weighted by atomic mass is 35.5. The summed E-state index contributed by atoms with van der Waals surface area (Å²) in [5.74, 6) is 0.0278. The van der Waals surface area contributed by atoms with Gasteiger partial charge in [0.2, 0.25) is 5.91 Å². The maximum Gasteiger partial charge on any atom is 0.243 e. The molecule has 1 heterocycles. The zero-order chi connectivity index (χ0) is 15.7. The van der Waals surface area contributed by atoms with Crippen LogP contribution in [-0.4, -0.2) is 42.6 Å². The van der Waals surface area contributed by atoms with Crippen molar-refractivity contribution in [1.29, 1.82) is 0 Å². The lowest BCUT2D eigenvalue weighted by Crippen LogP contribution is -2.75. The van der Waals surface area contributed by atoms with Crippen LogP contribution in [0.3, 0.4) is 0 Å². The van der Waals surface area contributed by atoms with Gasteiger partial charge in [-0.2, -0.15) is 0 Å². The normalized spacial score (nSPS) is 26.0. The minimum absolute atomic E-state index is 0. The molecule has 2 N–H and O–H groups in total. The van der Waals surface area contributed by atoms with Gasteiger partial charge < -0.3 is 15.4 Å². The van der Waals surface area contributed by atoms with E-state index in [2.05, 4.69) is 11.4 Å². The number of carbonyl (C=O) groups is 1. The molecule has 22 heavy (non-hydrogen) atoms. The van der Waals surface area contributed by atoms with Gasteiger partial charge in [0.15, 0.2) is 0 Å². The topological polar surface area (TPSA) is 55.6 Å². The summed E-state index contributed by atoms with van der Waals surface area (Å²) in [6.07, 6.45) is 1.56. The third kappa shape index (κ3) is 3.32. The lowest BCUT2D eigenvalue weighted by Gasteiger charge is -2.58. The van der Waals surface area contributed by atoms with Gasteiger partial charge in [-0.25, -0.2) is 0 Å². The Labute approximate surface area is 143 Å². The Morgan fingerprint density at radius 2 is 2.23 bits per heavy atom. The van der Waals surface area contributed by atoms with E-state index in [1.165, 1.54) is 4.88 Å². The Balaban J connectivity index is 0.00000242. The Kier molecular flexibility index (Phi) is 6.45. The van der Waals surface area contributed by atoms with E-state index in [1.54, 1.807) is 16.2 Å². The molecule has 1 amide bonds. The van der Waals surface area contributed by atoms with Crippen LogP contribution in [0.25, 0.3) is 0 Å². The van der Waals surface area contributed by atoms with Crippen molar-refractivity contribution in [3.63, 3.8) is 0 Å². The van der Waals surface area contributed by atoms with Gasteiger partial charge in [0.25, 0.3) is 0 Å². The first-order valence-corrected chi connectivity index (χ1v) is 8.39. The van der Waals surface area contributed by atoms with E-state index in [9.17, 15) is 4.79 Å². The number of hydrogen-bond donors (Lipinski definition) is 1. The average molecular weight is 347 g/mol. The molecule has 4 nitrogen and oxygen atoms in total. The summed E-state index contributed by atoms with van der Waals surface area (Å²) >= 11 is 1.72. The number of nitrogens with two attached hydrogens (primary N) is 1. The van der Waals surface area contributed by atoms with Crippen LogP contribution in [0.4, 0.5) is 0 Å². The van der Waals surface area contributed by atoms with Crippen molar-refractivity contribution in [3.8, 4) is 0 Å². The third-order valence-electron chi connectivity index (χ3n) is 4.83. The summed E-state index contributed by atoms with van der Waals surface area (Å²) < 4.78 is 5.69. The summed E-state index contributed by atoms with van der Waals surface area (Å²) in [5.41, 5.74) is 5.30. The van der Waals surface area contributed by atoms with Gasteiger partial charge in [-0.15, -0.1) is 23.7 Å². The fourth-order valence-corrected chi connectivity index (χ4v) is 3.67. The number of thiophene rings is 1. The molecule has 0 spiro atoms. The van der Waals surface area contributed by atoms with E-state index in [1.807, 2.05) is 33.9 Å². The largest absolute Gasteiger partial charge is 0.378 e. The number of carbonyl (C=O) groups excluding carboxylic acids is 1. The number of rotatable bonds is 6. The predicted molar refractivity (Wildman–Crippen MR) is 93.6 cm³/mol. The molecule has 2 atom stereocenters. The predicted octanol–water partition coefficient (Wildman–Crippen LogP) is 2.70. The Morgan fingerprint density at radius 3 is 2.73 bits per heavy atom. The van der Waals surface area contributed by atoms with Crippen molar-refractivity contribution < 1.29 is 9.53 Å². The Bertz CT molecular complexity index is 492. The summed E-state index contributed by atoms with van der Waals surface area (Å²) in [4.78, 5) is 15.8. The van der Waals surface area contributed by atoms with Crippen molar-refractivity contribution in [2.24, 2.45) is 11.1 Å². The van der Waals surface area contributed by atoms with Crippen LogP contribution in [0.1, 0.15) is 32.1 Å². The molecular formula is C16H27ClN2O2S. The molecule has 1 fully saturated rings. The number of ether oxygens (including phenoxy) is 1. The van der Waals surface area contributed by atoms with E-state index >= 15 is 0 Å². The lowest BCUT2D eigenvalue weighted by molar-refractivity contribution is -0.178. The molecule has 126 valence electrons. The van der Waals surface area contributed by atoms with Crippen molar-refractivity contribution in [2.75, 3.05) is 20.2 Å². The zero-order valence-corrected chi connectivity index (χ0v) is 15.4. The van der Waals surface area contributed by atoms with E-state index in [0.29, 0.717) is 19.6 Å². The standard InChI is InChI=1S/C16H26N2O2S.ClH/c1-5-20-13-11-16(17,15(13,2)3)14(19)18(4)9-8-12-7-6-10-21-12;/h6-7,10,13H,5,8-9,11,17H2,1-4H3;1H. The van der Waals surface area contributed by atoms with Gasteiger partial charge in [0.05, 0.1) is 6.10 Å². The van der Waals surface area contributed by atoms with Gasteiger partial charge in [-0.1, -0.05) is 19.9 Å². The fourth-order valence-electron chi connectivity index (χ4n) is 2.97. The molecule has 2 rings (SSSR count). The molecule has 0 saturated heterocycles. The first-order valence-electron chi connectivity index (χ1n) is 7.51. The highest BCUT2D eigenvalue weighted by molar-refractivity contribution is 7.09. The lowest BCUT2D eigenvalue weighted by atomic mass is 9.54. The van der Waals surface area contributed by atoms with Crippen LogP contribution < -0.4 is 5.73 Å². The molecule has 0 aromatic carbocycles. The number of hydrogen-bond acceptors (Lipinski definition) is 4. The van der Waals surface area contributed by atoms with Crippen molar-refractivity contribution >= 4 is 29.7 Å². The number of amides is 1. The highest BCUT2D eigenvalue weighted by Crippen LogP contribution is 2.50. The molecule has 0 aliphatic heterocycles. The second kappa shape index (κ2) is 7.30. The Morgan fingerprint density at radius 1 is 1.55 bits per heavy atom. The molecule has 2 unspecified atom stereocenters. The van der Waals surface area contributed by atoms with E-state index < -0.39 is 5.54 Å². The van der Waals surface area contributed by atoms with Gasteiger partial charge in [-0.3, -0.25) is 4.79 Å². The molecule has 1 aromatic heterocycles. The number of nitrogens with zero attached hydrogens (tertiary/aromatic N) is 1. The molecular weight excluding hydrogens is 320 g/mol. The molecule has 0 radical (unpaired) electrons. The number of halogens is 1. The number of likely N-dealkylation sites (N-methyl/N-ethyl adjacent to an activating group) is 1. The fraction of sp³-hybridized carbons (Fsp3) is 0.688. The highest BCUT2D eigenvalue weighted by Gasteiger charge is 2.63. The maximum atomic E-state index is 12.7. The molecule has 0 bridgehead atoms.